The molecule has 0 spiro atoms. The van der Waals surface area contributed by atoms with Crippen molar-refractivity contribution in [3.63, 3.8) is 0 Å². The fourth-order valence-electron chi connectivity index (χ4n) is 3.04. The van der Waals surface area contributed by atoms with Crippen molar-refractivity contribution in [2.24, 2.45) is 0 Å². The van der Waals surface area contributed by atoms with E-state index in [1.165, 1.54) is 0 Å². The minimum absolute atomic E-state index is 0.0246. The Bertz CT molecular complexity index is 975. The highest BCUT2D eigenvalue weighted by molar-refractivity contribution is 6.01. The van der Waals surface area contributed by atoms with Gasteiger partial charge in [0.2, 0.25) is 5.91 Å². The third-order valence-electron chi connectivity index (χ3n) is 4.23. The normalized spacial score (nSPS) is 10.8. The number of amides is 3. The standard InChI is InChI=1S/C21H24N4O2/c1-13(2)22-21(27)25-19-11-7-6-10-18(19)24-20(26)12-16-14(3)23-17-9-5-4-8-15(16)17/h4-11,13,23H,12H2,1-3H3,(H,24,26)(H2,22,25,27). The van der Waals surface area contributed by atoms with Gasteiger partial charge < -0.3 is 20.9 Å². The van der Waals surface area contributed by atoms with E-state index in [2.05, 4.69) is 20.9 Å². The van der Waals surface area contributed by atoms with E-state index in [9.17, 15) is 9.59 Å². The van der Waals surface area contributed by atoms with Crippen LogP contribution < -0.4 is 16.0 Å². The Morgan fingerprint density at radius 2 is 1.59 bits per heavy atom. The van der Waals surface area contributed by atoms with E-state index in [-0.39, 0.29) is 24.4 Å². The minimum Gasteiger partial charge on any atom is -0.358 e. The second-order valence-corrected chi connectivity index (χ2v) is 6.80. The second-order valence-electron chi connectivity index (χ2n) is 6.80. The highest BCUT2D eigenvalue weighted by Gasteiger charge is 2.14. The first kappa shape index (κ1) is 18.5. The molecule has 0 atom stereocenters. The summed E-state index contributed by atoms with van der Waals surface area (Å²) in [6, 6.07) is 14.8. The molecule has 4 N–H and O–H groups in total. The molecule has 3 aromatic rings. The zero-order valence-corrected chi connectivity index (χ0v) is 15.7. The van der Waals surface area contributed by atoms with Gasteiger partial charge in [0.15, 0.2) is 0 Å². The molecule has 0 unspecified atom stereocenters. The average molecular weight is 364 g/mol. The first-order chi connectivity index (χ1) is 12.9. The molecular formula is C21H24N4O2. The summed E-state index contributed by atoms with van der Waals surface area (Å²) >= 11 is 0. The molecule has 1 aromatic heterocycles. The monoisotopic (exact) mass is 364 g/mol. The van der Waals surface area contributed by atoms with Crippen molar-refractivity contribution in [2.75, 3.05) is 10.6 Å². The molecule has 0 radical (unpaired) electrons. The van der Waals surface area contributed by atoms with Crippen molar-refractivity contribution in [2.45, 2.75) is 33.2 Å². The molecule has 0 bridgehead atoms. The summed E-state index contributed by atoms with van der Waals surface area (Å²) in [6.45, 7) is 5.74. The Hall–Kier alpha value is -3.28. The quantitative estimate of drug-likeness (QED) is 0.547. The number of rotatable bonds is 5. The molecule has 0 saturated heterocycles. The van der Waals surface area contributed by atoms with Gasteiger partial charge in [-0.05, 0) is 44.5 Å². The van der Waals surface area contributed by atoms with E-state index in [1.54, 1.807) is 12.1 Å². The summed E-state index contributed by atoms with van der Waals surface area (Å²) in [6.07, 6.45) is 0.252. The van der Waals surface area contributed by atoms with Crippen molar-refractivity contribution in [3.8, 4) is 0 Å². The van der Waals surface area contributed by atoms with Crippen LogP contribution in [0.2, 0.25) is 0 Å². The molecule has 3 rings (SSSR count). The lowest BCUT2D eigenvalue weighted by Gasteiger charge is -2.14. The number of nitrogens with one attached hydrogen (secondary N) is 4. The van der Waals surface area contributed by atoms with Gasteiger partial charge >= 0.3 is 6.03 Å². The highest BCUT2D eigenvalue weighted by Crippen LogP contribution is 2.24. The molecule has 1 heterocycles. The van der Waals surface area contributed by atoms with Crippen LogP contribution in [0.5, 0.6) is 0 Å². The molecule has 0 aliphatic carbocycles. The largest absolute Gasteiger partial charge is 0.358 e. The zero-order chi connectivity index (χ0) is 19.4. The van der Waals surface area contributed by atoms with E-state index < -0.39 is 0 Å². The maximum Gasteiger partial charge on any atom is 0.319 e. The van der Waals surface area contributed by atoms with Gasteiger partial charge in [-0.3, -0.25) is 4.79 Å². The Morgan fingerprint density at radius 1 is 0.963 bits per heavy atom. The summed E-state index contributed by atoms with van der Waals surface area (Å²) in [5.41, 5.74) is 4.10. The number of anilines is 2. The number of aromatic nitrogens is 1. The molecule has 3 amide bonds. The maximum atomic E-state index is 12.6. The molecule has 140 valence electrons. The predicted octanol–water partition coefficient (Wildman–Crippen LogP) is 4.19. The molecule has 0 aliphatic rings. The molecule has 6 heteroatoms. The number of hydrogen-bond donors (Lipinski definition) is 4. The van der Waals surface area contributed by atoms with Gasteiger partial charge in [-0.25, -0.2) is 4.79 Å². The van der Waals surface area contributed by atoms with Crippen molar-refractivity contribution in [3.05, 3.63) is 59.8 Å². The van der Waals surface area contributed by atoms with Crippen LogP contribution in [0.25, 0.3) is 10.9 Å². The van der Waals surface area contributed by atoms with Gasteiger partial charge in [0.05, 0.1) is 17.8 Å². The van der Waals surface area contributed by atoms with Crippen LogP contribution in [-0.2, 0) is 11.2 Å². The molecule has 0 fully saturated rings. The fourth-order valence-corrected chi connectivity index (χ4v) is 3.04. The molecule has 2 aromatic carbocycles. The number of para-hydroxylation sites is 3. The molecule has 0 saturated carbocycles. The van der Waals surface area contributed by atoms with Crippen LogP contribution >= 0.6 is 0 Å². The number of benzene rings is 2. The lowest BCUT2D eigenvalue weighted by atomic mass is 10.1. The van der Waals surface area contributed by atoms with E-state index >= 15 is 0 Å². The van der Waals surface area contributed by atoms with E-state index in [4.69, 9.17) is 0 Å². The van der Waals surface area contributed by atoms with Gasteiger partial charge in [-0.15, -0.1) is 0 Å². The topological polar surface area (TPSA) is 86.0 Å². The summed E-state index contributed by atoms with van der Waals surface area (Å²) in [5.74, 6) is -0.138. The van der Waals surface area contributed by atoms with Crippen LogP contribution in [-0.4, -0.2) is 23.0 Å². The SMILES string of the molecule is Cc1[nH]c2ccccc2c1CC(=O)Nc1ccccc1NC(=O)NC(C)C. The summed E-state index contributed by atoms with van der Waals surface area (Å²) < 4.78 is 0. The first-order valence-electron chi connectivity index (χ1n) is 8.96. The lowest BCUT2D eigenvalue weighted by molar-refractivity contribution is -0.115. The second kappa shape index (κ2) is 7.95. The van der Waals surface area contributed by atoms with Crippen molar-refractivity contribution in [1.82, 2.24) is 10.3 Å². The highest BCUT2D eigenvalue weighted by atomic mass is 16.2. The number of aromatic amines is 1. The number of aryl methyl sites for hydroxylation is 1. The number of fused-ring (bicyclic) bond motifs is 1. The molecule has 27 heavy (non-hydrogen) atoms. The van der Waals surface area contributed by atoms with Gasteiger partial charge in [0, 0.05) is 22.6 Å². The Morgan fingerprint density at radius 3 is 2.30 bits per heavy atom. The zero-order valence-electron chi connectivity index (χ0n) is 15.7. The first-order valence-corrected chi connectivity index (χ1v) is 8.96. The van der Waals surface area contributed by atoms with Crippen LogP contribution in [0.4, 0.5) is 16.2 Å². The molecular weight excluding hydrogens is 340 g/mol. The summed E-state index contributed by atoms with van der Waals surface area (Å²) in [4.78, 5) is 27.9. The number of hydrogen-bond acceptors (Lipinski definition) is 2. The average Bonchev–Trinajstić information content (AvgIpc) is 2.91. The Labute approximate surface area is 158 Å². The van der Waals surface area contributed by atoms with Gasteiger partial charge in [-0.2, -0.15) is 0 Å². The van der Waals surface area contributed by atoms with E-state index in [0.29, 0.717) is 11.4 Å². The van der Waals surface area contributed by atoms with Crippen LogP contribution in [0.1, 0.15) is 25.1 Å². The number of urea groups is 1. The number of H-pyrrole nitrogens is 1. The third kappa shape index (κ3) is 4.47. The summed E-state index contributed by atoms with van der Waals surface area (Å²) in [7, 11) is 0. The van der Waals surface area contributed by atoms with Crippen molar-refractivity contribution in [1.29, 1.82) is 0 Å². The van der Waals surface area contributed by atoms with E-state index in [1.807, 2.05) is 57.2 Å². The van der Waals surface area contributed by atoms with Gasteiger partial charge in [-0.1, -0.05) is 30.3 Å². The van der Waals surface area contributed by atoms with Gasteiger partial charge in [0.25, 0.3) is 0 Å². The summed E-state index contributed by atoms with van der Waals surface area (Å²) in [5, 5.41) is 9.50. The number of carbonyl (C=O) groups excluding carboxylic acids is 2. The van der Waals surface area contributed by atoms with Crippen LogP contribution in [0, 0.1) is 6.92 Å². The molecule has 6 nitrogen and oxygen atoms in total. The third-order valence-corrected chi connectivity index (χ3v) is 4.23. The lowest BCUT2D eigenvalue weighted by Crippen LogP contribution is -2.34. The Balaban J connectivity index is 1.74. The molecule has 0 aliphatic heterocycles. The van der Waals surface area contributed by atoms with Crippen molar-refractivity contribution < 1.29 is 9.59 Å². The predicted molar refractivity (Wildman–Crippen MR) is 109 cm³/mol. The Kier molecular flexibility index (Phi) is 5.45. The smallest absolute Gasteiger partial charge is 0.319 e. The maximum absolute atomic E-state index is 12.6. The van der Waals surface area contributed by atoms with E-state index in [0.717, 1.165) is 22.2 Å². The van der Waals surface area contributed by atoms with Gasteiger partial charge in [0.1, 0.15) is 0 Å². The minimum atomic E-state index is -0.306. The fraction of sp³-hybridized carbons (Fsp3) is 0.238. The van der Waals surface area contributed by atoms with Crippen LogP contribution in [0.15, 0.2) is 48.5 Å². The van der Waals surface area contributed by atoms with Crippen molar-refractivity contribution >= 4 is 34.2 Å². The van der Waals surface area contributed by atoms with Crippen LogP contribution in [0.3, 0.4) is 0 Å². The number of carbonyl (C=O) groups is 2.